The van der Waals surface area contributed by atoms with Gasteiger partial charge in [0.05, 0.1) is 5.60 Å². The largest absolute Gasteiger partial charge is 0.390 e. The summed E-state index contributed by atoms with van der Waals surface area (Å²) < 4.78 is 0. The van der Waals surface area contributed by atoms with Gasteiger partial charge in [0.15, 0.2) is 17.4 Å². The van der Waals surface area contributed by atoms with E-state index in [0.717, 1.165) is 19.3 Å². The molecule has 56 valence electrons. The SMILES string of the molecule is CCC(O)(CC)CC.[AlH3]. The third-order valence-electron chi connectivity index (χ3n) is 1.97. The molecule has 9 heavy (non-hydrogen) atoms. The van der Waals surface area contributed by atoms with Crippen molar-refractivity contribution >= 4 is 17.4 Å². The van der Waals surface area contributed by atoms with Crippen LogP contribution in [0.15, 0.2) is 0 Å². The summed E-state index contributed by atoms with van der Waals surface area (Å²) >= 11 is 0. The quantitative estimate of drug-likeness (QED) is 0.583. The molecule has 2 heteroatoms. The molecule has 0 saturated carbocycles. The van der Waals surface area contributed by atoms with Crippen LogP contribution in [0.25, 0.3) is 0 Å². The van der Waals surface area contributed by atoms with Gasteiger partial charge in [0.2, 0.25) is 0 Å². The van der Waals surface area contributed by atoms with Crippen molar-refractivity contribution in [1.29, 1.82) is 0 Å². The lowest BCUT2D eigenvalue weighted by molar-refractivity contribution is 0.0285. The first kappa shape index (κ1) is 12.2. The first-order valence-electron chi connectivity index (χ1n) is 3.41. The standard InChI is InChI=1S/C7H16O.Al.3H/c1-4-7(8,5-2)6-3;;;;/h8H,4-6H2,1-3H3;;;;. The lowest BCUT2D eigenvalue weighted by Gasteiger charge is -2.22. The topological polar surface area (TPSA) is 20.2 Å². The molecule has 0 rings (SSSR count). The second-order valence-corrected chi connectivity index (χ2v) is 2.29. The van der Waals surface area contributed by atoms with E-state index in [2.05, 4.69) is 0 Å². The summed E-state index contributed by atoms with van der Waals surface area (Å²) in [6.07, 6.45) is 2.62. The summed E-state index contributed by atoms with van der Waals surface area (Å²) in [4.78, 5) is 0. The number of aliphatic hydroxyl groups is 1. The molecule has 0 aliphatic rings. The summed E-state index contributed by atoms with van der Waals surface area (Å²) in [6.45, 7) is 6.06. The molecule has 0 aromatic rings. The predicted molar refractivity (Wildman–Crippen MR) is 45.8 cm³/mol. The lowest BCUT2D eigenvalue weighted by atomic mass is 9.95. The number of hydrogen-bond acceptors (Lipinski definition) is 1. The maximum atomic E-state index is 9.44. The first-order chi connectivity index (χ1) is 3.68. The number of rotatable bonds is 3. The fourth-order valence-electron chi connectivity index (χ4n) is 0.750. The zero-order valence-electron chi connectivity index (χ0n) is 6.07. The van der Waals surface area contributed by atoms with Crippen LogP contribution in [0.3, 0.4) is 0 Å². The Morgan fingerprint density at radius 3 is 1.22 bits per heavy atom. The molecule has 0 bridgehead atoms. The average molecular weight is 146 g/mol. The Bertz CT molecular complexity index is 51.7. The van der Waals surface area contributed by atoms with Gasteiger partial charge in [-0.25, -0.2) is 0 Å². The van der Waals surface area contributed by atoms with E-state index in [0.29, 0.717) is 0 Å². The molecular formula is C7H19AlO. The van der Waals surface area contributed by atoms with Crippen molar-refractivity contribution in [2.45, 2.75) is 45.6 Å². The van der Waals surface area contributed by atoms with Crippen LogP contribution in [-0.4, -0.2) is 28.1 Å². The minimum atomic E-state index is -0.375. The van der Waals surface area contributed by atoms with Gasteiger partial charge in [-0.05, 0) is 19.3 Å². The lowest BCUT2D eigenvalue weighted by Crippen LogP contribution is -2.24. The molecule has 0 aliphatic carbocycles. The Morgan fingerprint density at radius 2 is 1.22 bits per heavy atom. The predicted octanol–water partition coefficient (Wildman–Crippen LogP) is 0.764. The fourth-order valence-corrected chi connectivity index (χ4v) is 0.750. The maximum Gasteiger partial charge on any atom is 0.187 e. The van der Waals surface area contributed by atoms with Gasteiger partial charge in [0.1, 0.15) is 0 Å². The van der Waals surface area contributed by atoms with Crippen LogP contribution in [0.1, 0.15) is 40.0 Å². The highest BCUT2D eigenvalue weighted by atomic mass is 27.0. The molecule has 0 aromatic carbocycles. The van der Waals surface area contributed by atoms with E-state index in [1.165, 1.54) is 0 Å². The molecule has 1 nitrogen and oxygen atoms in total. The summed E-state index contributed by atoms with van der Waals surface area (Å²) in [7, 11) is 0. The van der Waals surface area contributed by atoms with E-state index in [-0.39, 0.29) is 23.0 Å². The second kappa shape index (κ2) is 5.29. The molecule has 0 saturated heterocycles. The molecule has 0 fully saturated rings. The minimum Gasteiger partial charge on any atom is -0.390 e. The van der Waals surface area contributed by atoms with E-state index >= 15 is 0 Å². The smallest absolute Gasteiger partial charge is 0.187 e. The van der Waals surface area contributed by atoms with Gasteiger partial charge in [0, 0.05) is 0 Å². The molecule has 0 spiro atoms. The summed E-state index contributed by atoms with van der Waals surface area (Å²) in [5.74, 6) is 0. The van der Waals surface area contributed by atoms with Crippen molar-refractivity contribution in [1.82, 2.24) is 0 Å². The van der Waals surface area contributed by atoms with Gasteiger partial charge >= 0.3 is 0 Å². The van der Waals surface area contributed by atoms with Gasteiger partial charge in [-0.3, -0.25) is 0 Å². The van der Waals surface area contributed by atoms with Gasteiger partial charge in [-0.1, -0.05) is 20.8 Å². The van der Waals surface area contributed by atoms with Crippen LogP contribution in [0.5, 0.6) is 0 Å². The average Bonchev–Trinajstić information content (AvgIpc) is 1.87. The van der Waals surface area contributed by atoms with Crippen molar-refractivity contribution in [2.75, 3.05) is 0 Å². The van der Waals surface area contributed by atoms with Crippen molar-refractivity contribution < 1.29 is 5.11 Å². The highest BCUT2D eigenvalue weighted by Gasteiger charge is 2.17. The van der Waals surface area contributed by atoms with Gasteiger partial charge < -0.3 is 5.11 Å². The van der Waals surface area contributed by atoms with Crippen LogP contribution in [0.4, 0.5) is 0 Å². The molecule has 0 aromatic heterocycles. The van der Waals surface area contributed by atoms with Crippen LogP contribution in [-0.2, 0) is 0 Å². The van der Waals surface area contributed by atoms with Crippen molar-refractivity contribution in [3.8, 4) is 0 Å². The van der Waals surface area contributed by atoms with E-state index in [4.69, 9.17) is 0 Å². The molecule has 0 unspecified atom stereocenters. The highest BCUT2D eigenvalue weighted by Crippen LogP contribution is 2.17. The first-order valence-corrected chi connectivity index (χ1v) is 3.41. The third kappa shape index (κ3) is 3.97. The zero-order valence-corrected chi connectivity index (χ0v) is 6.07. The molecule has 0 aliphatic heterocycles. The van der Waals surface area contributed by atoms with Crippen LogP contribution >= 0.6 is 0 Å². The Balaban J connectivity index is 0. The van der Waals surface area contributed by atoms with Gasteiger partial charge in [-0.2, -0.15) is 0 Å². The Kier molecular flexibility index (Phi) is 7.17. The minimum absolute atomic E-state index is 0. The van der Waals surface area contributed by atoms with Crippen LogP contribution < -0.4 is 0 Å². The highest BCUT2D eigenvalue weighted by molar-refractivity contribution is 5.75. The van der Waals surface area contributed by atoms with Crippen molar-refractivity contribution in [2.24, 2.45) is 0 Å². The van der Waals surface area contributed by atoms with E-state index < -0.39 is 0 Å². The Labute approximate surface area is 68.6 Å². The Hall–Kier alpha value is 0.492. The fraction of sp³-hybridized carbons (Fsp3) is 1.00. The van der Waals surface area contributed by atoms with Crippen LogP contribution in [0.2, 0.25) is 0 Å². The summed E-state index contributed by atoms with van der Waals surface area (Å²) in [5.41, 5.74) is -0.375. The summed E-state index contributed by atoms with van der Waals surface area (Å²) in [5, 5.41) is 9.44. The molecule has 0 amide bonds. The molecular weight excluding hydrogens is 127 g/mol. The second-order valence-electron chi connectivity index (χ2n) is 2.29. The molecule has 0 heterocycles. The van der Waals surface area contributed by atoms with Crippen molar-refractivity contribution in [3.63, 3.8) is 0 Å². The molecule has 1 N–H and O–H groups in total. The maximum absolute atomic E-state index is 9.44. The summed E-state index contributed by atoms with van der Waals surface area (Å²) in [6, 6.07) is 0. The monoisotopic (exact) mass is 146 g/mol. The van der Waals surface area contributed by atoms with Crippen molar-refractivity contribution in [3.05, 3.63) is 0 Å². The molecule has 0 radical (unpaired) electrons. The van der Waals surface area contributed by atoms with E-state index in [9.17, 15) is 5.11 Å². The van der Waals surface area contributed by atoms with E-state index in [1.807, 2.05) is 20.8 Å². The molecule has 0 atom stereocenters. The van der Waals surface area contributed by atoms with Crippen LogP contribution in [0, 0.1) is 0 Å². The zero-order chi connectivity index (χ0) is 6.62. The van der Waals surface area contributed by atoms with Gasteiger partial charge in [0.25, 0.3) is 0 Å². The normalized spacial score (nSPS) is 10.7. The third-order valence-corrected chi connectivity index (χ3v) is 1.97. The van der Waals surface area contributed by atoms with E-state index in [1.54, 1.807) is 0 Å². The number of hydrogen-bond donors (Lipinski definition) is 1. The Morgan fingerprint density at radius 1 is 1.00 bits per heavy atom. The van der Waals surface area contributed by atoms with Gasteiger partial charge in [-0.15, -0.1) is 0 Å².